The van der Waals surface area contributed by atoms with Crippen molar-refractivity contribution in [2.75, 3.05) is 11.9 Å². The van der Waals surface area contributed by atoms with Crippen molar-refractivity contribution >= 4 is 11.7 Å². The average Bonchev–Trinajstić information content (AvgIpc) is 2.82. The second-order valence-corrected chi connectivity index (χ2v) is 3.87. The quantitative estimate of drug-likeness (QED) is 0.833. The summed E-state index contributed by atoms with van der Waals surface area (Å²) in [6.45, 7) is 3.10. The Morgan fingerprint density at radius 2 is 2.39 bits per heavy atom. The van der Waals surface area contributed by atoms with Crippen molar-refractivity contribution in [3.63, 3.8) is 0 Å². The Bertz CT molecular complexity index is 537. The van der Waals surface area contributed by atoms with E-state index in [2.05, 4.69) is 15.4 Å². The Morgan fingerprint density at radius 3 is 3.06 bits per heavy atom. The van der Waals surface area contributed by atoms with Crippen LogP contribution >= 0.6 is 0 Å². The van der Waals surface area contributed by atoms with Crippen LogP contribution in [-0.4, -0.2) is 32.4 Å². The number of hydrogen-bond acceptors (Lipinski definition) is 4. The van der Waals surface area contributed by atoms with E-state index in [0.29, 0.717) is 18.8 Å². The Hall–Kier alpha value is -2.37. The molecule has 6 nitrogen and oxygen atoms in total. The molecule has 0 unspecified atom stereocenters. The van der Waals surface area contributed by atoms with Gasteiger partial charge in [-0.3, -0.25) is 9.67 Å². The second kappa shape index (κ2) is 5.31. The van der Waals surface area contributed by atoms with Crippen molar-refractivity contribution in [3.05, 3.63) is 42.0 Å². The van der Waals surface area contributed by atoms with Crippen molar-refractivity contribution < 1.29 is 9.90 Å². The number of pyridine rings is 1. The number of nitrogens with one attached hydrogen (secondary N) is 1. The molecule has 0 atom stereocenters. The van der Waals surface area contributed by atoms with Crippen LogP contribution in [0.25, 0.3) is 0 Å². The zero-order valence-electron chi connectivity index (χ0n) is 10.00. The van der Waals surface area contributed by atoms with Crippen LogP contribution in [0, 0.1) is 6.92 Å². The predicted octanol–water partition coefficient (Wildman–Crippen LogP) is 1.40. The molecule has 2 aromatic rings. The van der Waals surface area contributed by atoms with Crippen LogP contribution < -0.4 is 5.32 Å². The van der Waals surface area contributed by atoms with E-state index < -0.39 is 5.97 Å². The zero-order chi connectivity index (χ0) is 13.0. The molecule has 0 bridgehead atoms. The van der Waals surface area contributed by atoms with Gasteiger partial charge in [0.05, 0.1) is 12.2 Å². The summed E-state index contributed by atoms with van der Waals surface area (Å²) >= 11 is 0. The number of aromatic nitrogens is 3. The number of anilines is 1. The van der Waals surface area contributed by atoms with Gasteiger partial charge in [0.25, 0.3) is 0 Å². The first-order valence-electron chi connectivity index (χ1n) is 5.58. The van der Waals surface area contributed by atoms with Crippen LogP contribution in [0.1, 0.15) is 16.1 Å². The number of aromatic carboxylic acids is 1. The molecule has 2 N–H and O–H groups in total. The Labute approximate surface area is 104 Å². The second-order valence-electron chi connectivity index (χ2n) is 3.87. The molecule has 18 heavy (non-hydrogen) atoms. The van der Waals surface area contributed by atoms with E-state index in [4.69, 9.17) is 5.11 Å². The maximum absolute atomic E-state index is 11.0. The fraction of sp³-hybridized carbons (Fsp3) is 0.250. The third-order valence-electron chi connectivity index (χ3n) is 2.49. The summed E-state index contributed by atoms with van der Waals surface area (Å²) in [5, 5.41) is 16.2. The third-order valence-corrected chi connectivity index (χ3v) is 2.49. The van der Waals surface area contributed by atoms with E-state index in [1.807, 2.05) is 19.2 Å². The molecule has 0 radical (unpaired) electrons. The lowest BCUT2D eigenvalue weighted by molar-refractivity contribution is 0.0697. The Balaban J connectivity index is 2.03. The van der Waals surface area contributed by atoms with E-state index in [1.165, 1.54) is 6.20 Å². The summed E-state index contributed by atoms with van der Waals surface area (Å²) in [7, 11) is 0. The van der Waals surface area contributed by atoms with Crippen molar-refractivity contribution in [1.29, 1.82) is 0 Å². The van der Waals surface area contributed by atoms with Gasteiger partial charge in [-0.2, -0.15) is 5.10 Å². The number of aryl methyl sites for hydroxylation is 1. The fourth-order valence-corrected chi connectivity index (χ4v) is 1.61. The molecule has 2 aromatic heterocycles. The summed E-state index contributed by atoms with van der Waals surface area (Å²) in [5.74, 6) is -0.982. The molecule has 0 aliphatic carbocycles. The molecule has 0 spiro atoms. The first-order valence-corrected chi connectivity index (χ1v) is 5.58. The molecule has 0 saturated heterocycles. The molecular weight excluding hydrogens is 232 g/mol. The summed E-state index contributed by atoms with van der Waals surface area (Å²) in [4.78, 5) is 15.0. The van der Waals surface area contributed by atoms with Gasteiger partial charge in [0.1, 0.15) is 5.56 Å². The van der Waals surface area contributed by atoms with E-state index >= 15 is 0 Å². The molecule has 0 amide bonds. The summed E-state index contributed by atoms with van der Waals surface area (Å²) in [6.07, 6.45) is 4.94. The smallest absolute Gasteiger partial charge is 0.339 e. The molecule has 0 fully saturated rings. The number of carboxylic acid groups (broad SMARTS) is 1. The van der Waals surface area contributed by atoms with Gasteiger partial charge in [0.15, 0.2) is 0 Å². The number of carboxylic acids is 1. The van der Waals surface area contributed by atoms with Crippen LogP contribution in [0.2, 0.25) is 0 Å². The van der Waals surface area contributed by atoms with Gasteiger partial charge in [0.2, 0.25) is 0 Å². The van der Waals surface area contributed by atoms with Crippen molar-refractivity contribution in [3.8, 4) is 0 Å². The number of hydrogen-bond donors (Lipinski definition) is 2. The minimum atomic E-state index is -0.982. The highest BCUT2D eigenvalue weighted by Gasteiger charge is 2.10. The number of carbonyl (C=O) groups is 1. The zero-order valence-corrected chi connectivity index (χ0v) is 10.00. The SMILES string of the molecule is Cc1cc(NCCn2cccn2)c(C(=O)O)cn1. The van der Waals surface area contributed by atoms with Gasteiger partial charge >= 0.3 is 5.97 Å². The maximum Gasteiger partial charge on any atom is 0.339 e. The Kier molecular flexibility index (Phi) is 3.57. The maximum atomic E-state index is 11.0. The molecular formula is C12H14N4O2. The molecule has 0 saturated carbocycles. The first-order chi connectivity index (χ1) is 8.66. The van der Waals surface area contributed by atoms with Gasteiger partial charge in [-0.15, -0.1) is 0 Å². The van der Waals surface area contributed by atoms with Crippen LogP contribution in [0.4, 0.5) is 5.69 Å². The van der Waals surface area contributed by atoms with Gasteiger partial charge in [-0.1, -0.05) is 0 Å². The molecule has 2 rings (SSSR count). The topological polar surface area (TPSA) is 80.0 Å². The van der Waals surface area contributed by atoms with E-state index in [1.54, 1.807) is 16.9 Å². The summed E-state index contributed by atoms with van der Waals surface area (Å²) in [5.41, 5.74) is 1.55. The Morgan fingerprint density at radius 1 is 1.56 bits per heavy atom. The highest BCUT2D eigenvalue weighted by Crippen LogP contribution is 2.15. The molecule has 6 heteroatoms. The average molecular weight is 246 g/mol. The first kappa shape index (κ1) is 12.1. The lowest BCUT2D eigenvalue weighted by atomic mass is 10.2. The van der Waals surface area contributed by atoms with Gasteiger partial charge in [-0.25, -0.2) is 4.79 Å². The lowest BCUT2D eigenvalue weighted by Crippen LogP contribution is -2.13. The van der Waals surface area contributed by atoms with Gasteiger partial charge in [-0.05, 0) is 19.1 Å². The van der Waals surface area contributed by atoms with Crippen molar-refractivity contribution in [2.24, 2.45) is 0 Å². The van der Waals surface area contributed by atoms with Crippen molar-refractivity contribution in [1.82, 2.24) is 14.8 Å². The monoisotopic (exact) mass is 246 g/mol. The molecule has 0 aromatic carbocycles. The highest BCUT2D eigenvalue weighted by molar-refractivity contribution is 5.93. The largest absolute Gasteiger partial charge is 0.478 e. The third kappa shape index (κ3) is 2.85. The molecule has 2 heterocycles. The standard InChI is InChI=1S/C12H14N4O2/c1-9-7-11(10(8-14-9)12(17)18)13-4-6-16-5-2-3-15-16/h2-3,5,7-8H,4,6H2,1H3,(H,13,14)(H,17,18). The fourth-order valence-electron chi connectivity index (χ4n) is 1.61. The summed E-state index contributed by atoms with van der Waals surface area (Å²) in [6, 6.07) is 3.58. The van der Waals surface area contributed by atoms with Crippen LogP contribution in [0.15, 0.2) is 30.7 Å². The number of nitrogens with zero attached hydrogens (tertiary/aromatic N) is 3. The molecule has 94 valence electrons. The number of rotatable bonds is 5. The van der Waals surface area contributed by atoms with Crippen LogP contribution in [0.5, 0.6) is 0 Å². The van der Waals surface area contributed by atoms with Crippen LogP contribution in [-0.2, 0) is 6.54 Å². The van der Waals surface area contributed by atoms with E-state index in [9.17, 15) is 4.79 Å². The highest BCUT2D eigenvalue weighted by atomic mass is 16.4. The normalized spacial score (nSPS) is 10.3. The predicted molar refractivity (Wildman–Crippen MR) is 66.7 cm³/mol. The molecule has 0 aliphatic heterocycles. The van der Waals surface area contributed by atoms with E-state index in [0.717, 1.165) is 5.69 Å². The minimum absolute atomic E-state index is 0.182. The van der Waals surface area contributed by atoms with Gasteiger partial charge < -0.3 is 10.4 Å². The van der Waals surface area contributed by atoms with Crippen molar-refractivity contribution in [2.45, 2.75) is 13.5 Å². The minimum Gasteiger partial charge on any atom is -0.478 e. The molecule has 0 aliphatic rings. The lowest BCUT2D eigenvalue weighted by Gasteiger charge is -2.10. The van der Waals surface area contributed by atoms with Gasteiger partial charge in [0, 0.05) is 30.8 Å². The van der Waals surface area contributed by atoms with Crippen LogP contribution in [0.3, 0.4) is 0 Å². The van der Waals surface area contributed by atoms with E-state index in [-0.39, 0.29) is 5.56 Å². The summed E-state index contributed by atoms with van der Waals surface area (Å²) < 4.78 is 1.78.